The number of benzene rings is 1. The van der Waals surface area contributed by atoms with Gasteiger partial charge in [-0.05, 0) is 22.3 Å². The predicted octanol–water partition coefficient (Wildman–Crippen LogP) is 1.34. The summed E-state index contributed by atoms with van der Waals surface area (Å²) in [7, 11) is 0. The van der Waals surface area contributed by atoms with E-state index in [-0.39, 0.29) is 29.7 Å². The third kappa shape index (κ3) is 3.87. The number of rotatable bonds is 7. The minimum Gasteiger partial charge on any atom is -0.392 e. The average molecular weight is 416 g/mol. The summed E-state index contributed by atoms with van der Waals surface area (Å²) in [6, 6.07) is 5.21. The molecule has 0 fully saturated rings. The second kappa shape index (κ2) is 8.89. The molecule has 0 saturated heterocycles. The molecule has 0 atom stereocenters. The van der Waals surface area contributed by atoms with Crippen molar-refractivity contribution in [1.29, 1.82) is 5.26 Å². The molecule has 0 aliphatic carbocycles. The number of aliphatic hydroxyl groups is 3. The van der Waals surface area contributed by atoms with Crippen molar-refractivity contribution in [2.24, 2.45) is 0 Å². The number of imidazole rings is 1. The summed E-state index contributed by atoms with van der Waals surface area (Å²) in [5.41, 5.74) is 2.69. The first kappa shape index (κ1) is 20.6. The zero-order chi connectivity index (χ0) is 21.0. The molecular weight excluding hydrogens is 398 g/mol. The van der Waals surface area contributed by atoms with E-state index < -0.39 is 19.1 Å². The van der Waals surface area contributed by atoms with E-state index in [0.29, 0.717) is 33.5 Å². The number of hydrogen-bond acceptors (Lipinski definition) is 6. The van der Waals surface area contributed by atoms with Crippen LogP contribution in [0.4, 0.5) is 0 Å². The molecule has 0 radical (unpaired) electrons. The lowest BCUT2D eigenvalue weighted by Crippen LogP contribution is -2.24. The van der Waals surface area contributed by atoms with Gasteiger partial charge in [0.2, 0.25) is 0 Å². The van der Waals surface area contributed by atoms with Crippen LogP contribution >= 0.6 is 11.6 Å². The second-order valence-electron chi connectivity index (χ2n) is 6.10. The van der Waals surface area contributed by atoms with Crippen LogP contribution in [0.5, 0.6) is 0 Å². The van der Waals surface area contributed by atoms with E-state index in [9.17, 15) is 25.4 Å². The van der Waals surface area contributed by atoms with Gasteiger partial charge >= 0.3 is 0 Å². The Labute approximate surface area is 170 Å². The summed E-state index contributed by atoms with van der Waals surface area (Å²) >= 11 is 6.40. The van der Waals surface area contributed by atoms with Crippen molar-refractivity contribution >= 4 is 17.5 Å². The molecule has 0 unspecified atom stereocenters. The molecule has 0 aliphatic heterocycles. The van der Waals surface area contributed by atoms with Crippen molar-refractivity contribution in [3.63, 3.8) is 0 Å². The minimum atomic E-state index is -0.445. The number of H-pyrrole nitrogens is 2. The lowest BCUT2D eigenvalue weighted by Gasteiger charge is -2.16. The van der Waals surface area contributed by atoms with E-state index in [0.717, 1.165) is 0 Å². The summed E-state index contributed by atoms with van der Waals surface area (Å²) in [4.78, 5) is 21.6. The highest BCUT2D eigenvalue weighted by Crippen LogP contribution is 2.38. The first-order valence-electron chi connectivity index (χ1n) is 8.60. The third-order valence-corrected chi connectivity index (χ3v) is 4.93. The highest BCUT2D eigenvalue weighted by molar-refractivity contribution is 6.34. The summed E-state index contributed by atoms with van der Waals surface area (Å²) in [6.45, 7) is -1.10. The molecule has 1 aromatic carbocycles. The van der Waals surface area contributed by atoms with Gasteiger partial charge in [0.25, 0.3) is 5.91 Å². The molecule has 3 rings (SSSR count). The van der Waals surface area contributed by atoms with Crippen LogP contribution in [0.3, 0.4) is 0 Å². The number of aromatic amines is 2. The minimum absolute atomic E-state index is 0.0113. The van der Waals surface area contributed by atoms with Gasteiger partial charge in [-0.3, -0.25) is 4.79 Å². The van der Waals surface area contributed by atoms with Crippen LogP contribution in [0.15, 0.2) is 24.5 Å². The average Bonchev–Trinajstić information content (AvgIpc) is 3.38. The Kier molecular flexibility index (Phi) is 6.31. The van der Waals surface area contributed by atoms with Crippen molar-refractivity contribution in [3.05, 3.63) is 63.5 Å². The monoisotopic (exact) mass is 415 g/mol. The molecule has 0 aliphatic rings. The zero-order valence-corrected chi connectivity index (χ0v) is 15.9. The van der Waals surface area contributed by atoms with Crippen molar-refractivity contribution in [1.82, 2.24) is 20.3 Å². The molecule has 9 nitrogen and oxygen atoms in total. The van der Waals surface area contributed by atoms with E-state index in [1.54, 1.807) is 12.1 Å². The van der Waals surface area contributed by atoms with Crippen LogP contribution in [0.2, 0.25) is 5.02 Å². The lowest BCUT2D eigenvalue weighted by molar-refractivity contribution is 0.0941. The Morgan fingerprint density at radius 1 is 1.21 bits per heavy atom. The van der Waals surface area contributed by atoms with E-state index >= 15 is 0 Å². The van der Waals surface area contributed by atoms with Gasteiger partial charge in [0.15, 0.2) is 5.82 Å². The number of hydrogen-bond donors (Lipinski definition) is 6. The van der Waals surface area contributed by atoms with E-state index in [2.05, 4.69) is 20.3 Å². The molecule has 0 spiro atoms. The quantitative estimate of drug-likeness (QED) is 0.341. The number of aromatic nitrogens is 3. The fraction of sp³-hybridized carbons (Fsp3) is 0.211. The maximum atomic E-state index is 12.2. The lowest BCUT2D eigenvalue weighted by atomic mass is 9.92. The standard InChI is InChI=1S/C19H18ClN5O4/c20-17-14(5-21)25-15(6-24-19(29)18-22-3-4-23-18)16(17)11-2-1-10(7-26)12(8-27)13(11)9-28/h1-4,25-28H,6-9H2,(H,22,23)(H,24,29). The second-order valence-corrected chi connectivity index (χ2v) is 6.48. The Balaban J connectivity index is 2.07. The number of nitrogens with one attached hydrogen (secondary N) is 3. The first-order chi connectivity index (χ1) is 14.0. The number of carbonyl (C=O) groups excluding carboxylic acids is 1. The number of halogens is 1. The number of nitriles is 1. The molecule has 29 heavy (non-hydrogen) atoms. The van der Waals surface area contributed by atoms with Gasteiger partial charge in [-0.1, -0.05) is 23.7 Å². The Morgan fingerprint density at radius 3 is 2.55 bits per heavy atom. The number of carbonyl (C=O) groups is 1. The molecule has 2 aromatic heterocycles. The summed E-state index contributed by atoms with van der Waals surface area (Å²) in [5.74, 6) is -0.310. The number of nitrogens with zero attached hydrogens (tertiary/aromatic N) is 2. The predicted molar refractivity (Wildman–Crippen MR) is 103 cm³/mol. The smallest absolute Gasteiger partial charge is 0.287 e. The van der Waals surface area contributed by atoms with Crippen molar-refractivity contribution in [2.45, 2.75) is 26.4 Å². The fourth-order valence-corrected chi connectivity index (χ4v) is 3.46. The Morgan fingerprint density at radius 2 is 1.97 bits per heavy atom. The maximum absolute atomic E-state index is 12.2. The van der Waals surface area contributed by atoms with Crippen LogP contribution in [0, 0.1) is 11.3 Å². The highest BCUT2D eigenvalue weighted by Gasteiger charge is 2.23. The van der Waals surface area contributed by atoms with Gasteiger partial charge < -0.3 is 30.6 Å². The summed E-state index contributed by atoms with van der Waals surface area (Å²) < 4.78 is 0. The summed E-state index contributed by atoms with van der Waals surface area (Å²) in [6.07, 6.45) is 2.97. The van der Waals surface area contributed by atoms with Gasteiger partial charge in [0.05, 0.1) is 31.4 Å². The van der Waals surface area contributed by atoms with E-state index in [1.165, 1.54) is 12.4 Å². The molecule has 10 heteroatoms. The largest absolute Gasteiger partial charge is 0.392 e. The fourth-order valence-electron chi connectivity index (χ4n) is 3.16. The topological polar surface area (TPSA) is 158 Å². The molecule has 0 saturated carbocycles. The highest BCUT2D eigenvalue weighted by atomic mass is 35.5. The molecule has 3 aromatic rings. The van der Waals surface area contributed by atoms with Crippen LogP contribution in [0.25, 0.3) is 11.1 Å². The van der Waals surface area contributed by atoms with Crippen LogP contribution < -0.4 is 5.32 Å². The Hall–Kier alpha value is -3.16. The SMILES string of the molecule is N#Cc1[nH]c(CNC(=O)c2ncc[nH]2)c(-c2ccc(CO)c(CO)c2CO)c1Cl. The molecule has 1 amide bonds. The molecule has 150 valence electrons. The van der Waals surface area contributed by atoms with Gasteiger partial charge in [0, 0.05) is 23.7 Å². The van der Waals surface area contributed by atoms with E-state index in [1.807, 2.05) is 6.07 Å². The number of aliphatic hydroxyl groups excluding tert-OH is 3. The first-order valence-corrected chi connectivity index (χ1v) is 8.98. The van der Waals surface area contributed by atoms with Gasteiger partial charge in [-0.15, -0.1) is 0 Å². The van der Waals surface area contributed by atoms with Crippen LogP contribution in [-0.2, 0) is 26.4 Å². The molecule has 2 heterocycles. The number of amides is 1. The van der Waals surface area contributed by atoms with Crippen LogP contribution in [0.1, 0.15) is 38.7 Å². The zero-order valence-electron chi connectivity index (χ0n) is 15.2. The summed E-state index contributed by atoms with van der Waals surface area (Å²) in [5, 5.41) is 41.3. The van der Waals surface area contributed by atoms with Crippen molar-refractivity contribution < 1.29 is 20.1 Å². The molecular formula is C19H18ClN5O4. The third-order valence-electron chi connectivity index (χ3n) is 4.55. The normalized spacial score (nSPS) is 10.7. The maximum Gasteiger partial charge on any atom is 0.287 e. The Bertz CT molecular complexity index is 1070. The van der Waals surface area contributed by atoms with E-state index in [4.69, 9.17) is 11.6 Å². The van der Waals surface area contributed by atoms with Gasteiger partial charge in [-0.2, -0.15) is 5.26 Å². The van der Waals surface area contributed by atoms with Gasteiger partial charge in [0.1, 0.15) is 11.8 Å². The van der Waals surface area contributed by atoms with Crippen molar-refractivity contribution in [3.8, 4) is 17.2 Å². The molecule has 0 bridgehead atoms. The van der Waals surface area contributed by atoms with Crippen LogP contribution in [-0.4, -0.2) is 36.2 Å². The van der Waals surface area contributed by atoms with Gasteiger partial charge in [-0.25, -0.2) is 4.98 Å². The molecule has 6 N–H and O–H groups in total. The van der Waals surface area contributed by atoms with Crippen molar-refractivity contribution in [2.75, 3.05) is 0 Å².